The first kappa shape index (κ1) is 35.6. The number of nitrogens with zero attached hydrogens (tertiary/aromatic N) is 1. The number of hydrogen-bond acceptors (Lipinski definition) is 6. The number of nitrogens with one attached hydrogen (secondary N) is 3. The first-order chi connectivity index (χ1) is 24.7. The standard InChI is InChI=1S/C40H30Cl2N4O3S2/c1-25-10-8-9-15-28(25)22-34(44-37(47)27-13-6-3-7-14-27)38(48)43-30-17-19-31(20-18-30)51-36(26-11-4-2-5-12-26)39(49)46-40-45-35(24-50-40)32-21-16-29(41)23-33(32)42/h2-24,36H,1H3,(H,43,48)(H,44,47)(H,45,46,49)/b34-22-. The normalized spacial score (nSPS) is 11.8. The SMILES string of the molecule is Cc1ccccc1/C=C(\NC(=O)c1ccccc1)C(=O)Nc1ccc(SC(C(=O)Nc2nc(-c3ccc(Cl)cc3Cl)cs2)c2ccccc2)cc1. The van der Waals surface area contributed by atoms with Crippen LogP contribution in [0.4, 0.5) is 10.8 Å². The second-order valence-corrected chi connectivity index (χ2v) is 14.2. The molecule has 3 amide bonds. The number of amides is 3. The van der Waals surface area contributed by atoms with Gasteiger partial charge < -0.3 is 16.0 Å². The van der Waals surface area contributed by atoms with Crippen LogP contribution in [0.25, 0.3) is 17.3 Å². The van der Waals surface area contributed by atoms with E-state index in [0.29, 0.717) is 32.1 Å². The van der Waals surface area contributed by atoms with Crippen molar-refractivity contribution in [3.8, 4) is 11.3 Å². The van der Waals surface area contributed by atoms with Gasteiger partial charge in [-0.3, -0.25) is 14.4 Å². The fraction of sp³-hybridized carbons (Fsp3) is 0.0500. The van der Waals surface area contributed by atoms with E-state index in [9.17, 15) is 14.4 Å². The number of anilines is 2. The Morgan fingerprint density at radius 3 is 2.20 bits per heavy atom. The van der Waals surface area contributed by atoms with Crippen LogP contribution in [-0.2, 0) is 9.59 Å². The third kappa shape index (κ3) is 9.33. The highest BCUT2D eigenvalue weighted by Gasteiger charge is 2.24. The van der Waals surface area contributed by atoms with Crippen LogP contribution in [0, 0.1) is 6.92 Å². The summed E-state index contributed by atoms with van der Waals surface area (Å²) in [5.41, 5.74) is 4.97. The fourth-order valence-corrected chi connectivity index (χ4v) is 7.27. The van der Waals surface area contributed by atoms with Crippen molar-refractivity contribution in [2.45, 2.75) is 17.1 Å². The van der Waals surface area contributed by atoms with Crippen molar-refractivity contribution in [1.29, 1.82) is 0 Å². The molecule has 0 radical (unpaired) electrons. The lowest BCUT2D eigenvalue weighted by Crippen LogP contribution is -2.30. The lowest BCUT2D eigenvalue weighted by atomic mass is 10.1. The Morgan fingerprint density at radius 1 is 0.804 bits per heavy atom. The number of benzene rings is 5. The monoisotopic (exact) mass is 748 g/mol. The number of halogens is 2. The molecule has 11 heteroatoms. The highest BCUT2D eigenvalue weighted by Crippen LogP contribution is 2.38. The van der Waals surface area contributed by atoms with Gasteiger partial charge >= 0.3 is 0 Å². The number of hydrogen-bond donors (Lipinski definition) is 3. The van der Waals surface area contributed by atoms with Crippen LogP contribution in [-0.4, -0.2) is 22.7 Å². The minimum Gasteiger partial charge on any atom is -0.321 e. The number of thiazole rings is 1. The number of carbonyl (C=O) groups is 3. The van der Waals surface area contributed by atoms with E-state index in [-0.39, 0.29) is 11.6 Å². The number of aromatic nitrogens is 1. The summed E-state index contributed by atoms with van der Waals surface area (Å²) in [7, 11) is 0. The zero-order valence-corrected chi connectivity index (χ0v) is 30.2. The maximum Gasteiger partial charge on any atom is 0.272 e. The maximum atomic E-state index is 13.7. The molecule has 254 valence electrons. The minimum atomic E-state index is -0.602. The Kier molecular flexibility index (Phi) is 11.7. The van der Waals surface area contributed by atoms with Crippen molar-refractivity contribution in [3.05, 3.63) is 171 Å². The minimum absolute atomic E-state index is 0.0982. The zero-order chi connectivity index (χ0) is 35.7. The molecule has 0 aliphatic rings. The van der Waals surface area contributed by atoms with Crippen LogP contribution >= 0.6 is 46.3 Å². The average molecular weight is 750 g/mol. The number of thioether (sulfide) groups is 1. The van der Waals surface area contributed by atoms with E-state index in [4.69, 9.17) is 23.2 Å². The second-order valence-electron chi connectivity index (χ2n) is 11.3. The van der Waals surface area contributed by atoms with Crippen LogP contribution < -0.4 is 16.0 Å². The molecule has 6 aromatic rings. The molecule has 5 aromatic carbocycles. The molecule has 0 aliphatic carbocycles. The molecule has 1 heterocycles. The fourth-order valence-electron chi connectivity index (χ4n) is 5.02. The lowest BCUT2D eigenvalue weighted by Gasteiger charge is -2.17. The third-order valence-electron chi connectivity index (χ3n) is 7.67. The van der Waals surface area contributed by atoms with Crippen LogP contribution in [0.15, 0.2) is 143 Å². The van der Waals surface area contributed by atoms with Crippen molar-refractivity contribution in [2.24, 2.45) is 0 Å². The van der Waals surface area contributed by atoms with E-state index in [1.807, 2.05) is 85.1 Å². The van der Waals surface area contributed by atoms with Gasteiger partial charge in [0.05, 0.1) is 10.7 Å². The smallest absolute Gasteiger partial charge is 0.272 e. The number of rotatable bonds is 11. The molecule has 1 unspecified atom stereocenters. The summed E-state index contributed by atoms with van der Waals surface area (Å²) in [6.45, 7) is 1.94. The van der Waals surface area contributed by atoms with E-state index < -0.39 is 17.1 Å². The topological polar surface area (TPSA) is 100 Å². The molecule has 6 rings (SSSR count). The predicted molar refractivity (Wildman–Crippen MR) is 209 cm³/mol. The average Bonchev–Trinajstić information content (AvgIpc) is 3.60. The molecule has 1 aromatic heterocycles. The lowest BCUT2D eigenvalue weighted by molar-refractivity contribution is -0.116. The quantitative estimate of drug-likeness (QED) is 0.0905. The third-order valence-corrected chi connectivity index (χ3v) is 10.2. The summed E-state index contributed by atoms with van der Waals surface area (Å²) in [4.78, 5) is 45.7. The predicted octanol–water partition coefficient (Wildman–Crippen LogP) is 10.3. The van der Waals surface area contributed by atoms with Gasteiger partial charge in [-0.25, -0.2) is 4.98 Å². The Bertz CT molecular complexity index is 2210. The van der Waals surface area contributed by atoms with Crippen molar-refractivity contribution >= 4 is 80.9 Å². The molecule has 0 saturated heterocycles. The summed E-state index contributed by atoms with van der Waals surface area (Å²) in [5, 5.41) is 11.3. The molecular formula is C40H30Cl2N4O3S2. The number of carbonyl (C=O) groups excluding carboxylic acids is 3. The Labute approximate surface area is 313 Å². The number of aryl methyl sites for hydroxylation is 1. The molecular weight excluding hydrogens is 720 g/mol. The zero-order valence-electron chi connectivity index (χ0n) is 27.1. The van der Waals surface area contributed by atoms with Gasteiger partial charge in [0.15, 0.2) is 5.13 Å². The van der Waals surface area contributed by atoms with E-state index in [0.717, 1.165) is 27.1 Å². The van der Waals surface area contributed by atoms with Gasteiger partial charge in [0.2, 0.25) is 5.91 Å². The summed E-state index contributed by atoms with van der Waals surface area (Å²) in [6.07, 6.45) is 1.66. The molecule has 0 aliphatic heterocycles. The van der Waals surface area contributed by atoms with Crippen LogP contribution in [0.5, 0.6) is 0 Å². The van der Waals surface area contributed by atoms with Gasteiger partial charge in [-0.2, -0.15) is 0 Å². The first-order valence-corrected chi connectivity index (χ1v) is 18.2. The molecule has 0 fully saturated rings. The van der Waals surface area contributed by atoms with Crippen LogP contribution in [0.2, 0.25) is 10.0 Å². The van der Waals surface area contributed by atoms with Crippen molar-refractivity contribution in [3.63, 3.8) is 0 Å². The van der Waals surface area contributed by atoms with Gasteiger partial charge in [-0.05, 0) is 84.3 Å². The molecule has 7 nitrogen and oxygen atoms in total. The summed E-state index contributed by atoms with van der Waals surface area (Å²) < 4.78 is 0. The van der Waals surface area contributed by atoms with Crippen LogP contribution in [0.3, 0.4) is 0 Å². The summed E-state index contributed by atoms with van der Waals surface area (Å²) >= 11 is 15.1. The molecule has 0 saturated carbocycles. The second kappa shape index (κ2) is 16.7. The first-order valence-electron chi connectivity index (χ1n) is 15.7. The Hall–Kier alpha value is -5.19. The largest absolute Gasteiger partial charge is 0.321 e. The van der Waals surface area contributed by atoms with E-state index in [1.165, 1.54) is 23.1 Å². The molecule has 0 bridgehead atoms. The van der Waals surface area contributed by atoms with Gasteiger partial charge in [0.25, 0.3) is 11.8 Å². The van der Waals surface area contributed by atoms with Crippen LogP contribution in [0.1, 0.15) is 32.3 Å². The highest BCUT2D eigenvalue weighted by atomic mass is 35.5. The molecule has 51 heavy (non-hydrogen) atoms. The van der Waals surface area contributed by atoms with Gasteiger partial charge in [0.1, 0.15) is 10.9 Å². The Morgan fingerprint density at radius 2 is 1.49 bits per heavy atom. The summed E-state index contributed by atoms with van der Waals surface area (Å²) in [5.74, 6) is -1.12. The van der Waals surface area contributed by atoms with Crippen molar-refractivity contribution < 1.29 is 14.4 Å². The van der Waals surface area contributed by atoms with Gasteiger partial charge in [-0.1, -0.05) is 96.0 Å². The molecule has 3 N–H and O–H groups in total. The maximum absolute atomic E-state index is 13.7. The van der Waals surface area contributed by atoms with E-state index in [2.05, 4.69) is 20.9 Å². The van der Waals surface area contributed by atoms with Crippen molar-refractivity contribution in [2.75, 3.05) is 10.6 Å². The van der Waals surface area contributed by atoms with E-state index in [1.54, 1.807) is 60.7 Å². The highest BCUT2D eigenvalue weighted by molar-refractivity contribution is 8.00. The molecule has 1 atom stereocenters. The Balaban J connectivity index is 1.17. The van der Waals surface area contributed by atoms with Crippen molar-refractivity contribution in [1.82, 2.24) is 10.3 Å². The van der Waals surface area contributed by atoms with E-state index >= 15 is 0 Å². The van der Waals surface area contributed by atoms with Gasteiger partial charge in [-0.15, -0.1) is 23.1 Å². The molecule has 0 spiro atoms. The van der Waals surface area contributed by atoms with Gasteiger partial charge in [0, 0.05) is 32.1 Å². The summed E-state index contributed by atoms with van der Waals surface area (Å²) in [6, 6.07) is 38.2.